The van der Waals surface area contributed by atoms with Crippen LogP contribution < -0.4 is 14.4 Å². The molecule has 0 radical (unpaired) electrons. The van der Waals surface area contributed by atoms with E-state index in [2.05, 4.69) is 32.1 Å². The lowest BCUT2D eigenvalue weighted by Crippen LogP contribution is -2.49. The molecule has 8 heteroatoms. The Bertz CT molecular complexity index is 985. The van der Waals surface area contributed by atoms with Gasteiger partial charge in [0.15, 0.2) is 0 Å². The Kier molecular flexibility index (Phi) is 6.69. The number of ether oxygens (including phenoxy) is 2. The fourth-order valence-electron chi connectivity index (χ4n) is 3.67. The van der Waals surface area contributed by atoms with E-state index in [9.17, 15) is 5.11 Å². The van der Waals surface area contributed by atoms with Crippen LogP contribution in [0.2, 0.25) is 0 Å². The number of anilines is 1. The fourth-order valence-corrected chi connectivity index (χ4v) is 3.67. The van der Waals surface area contributed by atoms with Crippen molar-refractivity contribution in [1.29, 1.82) is 0 Å². The SMILES string of the molecule is COc1cccc(N2CCN(CC(O)COc3cccc(-c4nnc(C)o4)c3)CC2)c1. The highest BCUT2D eigenvalue weighted by Crippen LogP contribution is 2.24. The van der Waals surface area contributed by atoms with E-state index in [0.29, 0.717) is 24.1 Å². The lowest BCUT2D eigenvalue weighted by molar-refractivity contribution is 0.0663. The van der Waals surface area contributed by atoms with Gasteiger partial charge in [0.1, 0.15) is 24.2 Å². The van der Waals surface area contributed by atoms with Crippen molar-refractivity contribution >= 4 is 5.69 Å². The Morgan fingerprint density at radius 1 is 1.03 bits per heavy atom. The molecule has 1 unspecified atom stereocenters. The number of benzene rings is 2. The molecule has 31 heavy (non-hydrogen) atoms. The number of aryl methyl sites for hydroxylation is 1. The van der Waals surface area contributed by atoms with Crippen LogP contribution in [0.1, 0.15) is 5.89 Å². The van der Waals surface area contributed by atoms with E-state index in [4.69, 9.17) is 13.9 Å². The summed E-state index contributed by atoms with van der Waals surface area (Å²) in [6.45, 7) is 6.15. The normalized spacial score (nSPS) is 15.6. The Morgan fingerprint density at radius 3 is 2.55 bits per heavy atom. The topological polar surface area (TPSA) is 84.1 Å². The third-order valence-corrected chi connectivity index (χ3v) is 5.31. The molecule has 1 fully saturated rings. The zero-order chi connectivity index (χ0) is 21.6. The highest BCUT2D eigenvalue weighted by molar-refractivity contribution is 5.55. The number of aromatic nitrogens is 2. The van der Waals surface area contributed by atoms with E-state index >= 15 is 0 Å². The van der Waals surface area contributed by atoms with Crippen molar-refractivity contribution in [1.82, 2.24) is 15.1 Å². The lowest BCUT2D eigenvalue weighted by atomic mass is 10.2. The predicted molar refractivity (Wildman–Crippen MR) is 118 cm³/mol. The third kappa shape index (κ3) is 5.53. The summed E-state index contributed by atoms with van der Waals surface area (Å²) in [6.07, 6.45) is -0.572. The van der Waals surface area contributed by atoms with Gasteiger partial charge in [0, 0.05) is 57.0 Å². The molecule has 164 valence electrons. The molecule has 2 aromatic carbocycles. The van der Waals surface area contributed by atoms with E-state index in [1.807, 2.05) is 36.4 Å². The molecule has 1 aliphatic heterocycles. The average molecular weight is 425 g/mol. The van der Waals surface area contributed by atoms with Crippen molar-refractivity contribution in [3.63, 3.8) is 0 Å². The number of piperazine rings is 1. The monoisotopic (exact) mass is 424 g/mol. The van der Waals surface area contributed by atoms with Crippen LogP contribution in [0, 0.1) is 6.92 Å². The van der Waals surface area contributed by atoms with E-state index in [-0.39, 0.29) is 6.61 Å². The maximum atomic E-state index is 10.5. The minimum absolute atomic E-state index is 0.225. The molecule has 3 aromatic rings. The first kappa shape index (κ1) is 21.1. The third-order valence-electron chi connectivity index (χ3n) is 5.31. The molecule has 4 rings (SSSR count). The van der Waals surface area contributed by atoms with Crippen LogP contribution in [-0.4, -0.2) is 72.7 Å². The molecule has 0 aliphatic carbocycles. The van der Waals surface area contributed by atoms with Crippen LogP contribution in [0.15, 0.2) is 52.9 Å². The second kappa shape index (κ2) is 9.80. The molecular formula is C23H28N4O4. The molecule has 0 spiro atoms. The summed E-state index contributed by atoms with van der Waals surface area (Å²) < 4.78 is 16.6. The molecule has 1 saturated heterocycles. The van der Waals surface area contributed by atoms with Gasteiger partial charge in [-0.05, 0) is 30.3 Å². The second-order valence-corrected chi connectivity index (χ2v) is 7.61. The largest absolute Gasteiger partial charge is 0.497 e. The van der Waals surface area contributed by atoms with Gasteiger partial charge in [0.05, 0.1) is 7.11 Å². The Labute approximate surface area is 182 Å². The first-order valence-corrected chi connectivity index (χ1v) is 10.4. The van der Waals surface area contributed by atoms with Crippen LogP contribution in [0.3, 0.4) is 0 Å². The predicted octanol–water partition coefficient (Wildman–Crippen LogP) is 2.62. The second-order valence-electron chi connectivity index (χ2n) is 7.61. The molecular weight excluding hydrogens is 396 g/mol. The van der Waals surface area contributed by atoms with Gasteiger partial charge >= 0.3 is 0 Å². The van der Waals surface area contributed by atoms with Crippen molar-refractivity contribution in [3.8, 4) is 23.0 Å². The fraction of sp³-hybridized carbons (Fsp3) is 0.391. The van der Waals surface area contributed by atoms with Crippen LogP contribution in [0.4, 0.5) is 5.69 Å². The van der Waals surface area contributed by atoms with E-state index in [0.717, 1.165) is 37.5 Å². The summed E-state index contributed by atoms with van der Waals surface area (Å²) in [6, 6.07) is 15.6. The quantitative estimate of drug-likeness (QED) is 0.591. The maximum Gasteiger partial charge on any atom is 0.247 e. The van der Waals surface area contributed by atoms with E-state index < -0.39 is 6.10 Å². The first-order valence-electron chi connectivity index (χ1n) is 10.4. The lowest BCUT2D eigenvalue weighted by Gasteiger charge is -2.37. The van der Waals surface area contributed by atoms with Crippen molar-refractivity contribution in [2.45, 2.75) is 13.0 Å². The van der Waals surface area contributed by atoms with Crippen LogP contribution >= 0.6 is 0 Å². The van der Waals surface area contributed by atoms with E-state index in [1.54, 1.807) is 14.0 Å². The smallest absolute Gasteiger partial charge is 0.247 e. The Hall–Kier alpha value is -3.10. The molecule has 0 bridgehead atoms. The number of nitrogens with zero attached hydrogens (tertiary/aromatic N) is 4. The van der Waals surface area contributed by atoms with Gasteiger partial charge in [0.2, 0.25) is 11.8 Å². The Balaban J connectivity index is 1.24. The molecule has 0 amide bonds. The van der Waals surface area contributed by atoms with Gasteiger partial charge in [-0.25, -0.2) is 0 Å². The number of β-amino-alcohol motifs (C(OH)–C–C–N with tert-alkyl or cyclic N) is 1. The van der Waals surface area contributed by atoms with Gasteiger partial charge in [-0.3, -0.25) is 4.90 Å². The number of methoxy groups -OCH3 is 1. The Morgan fingerprint density at radius 2 is 1.81 bits per heavy atom. The molecule has 0 saturated carbocycles. The van der Waals surface area contributed by atoms with Gasteiger partial charge in [-0.2, -0.15) is 0 Å². The van der Waals surface area contributed by atoms with Crippen molar-refractivity contribution in [3.05, 3.63) is 54.4 Å². The minimum atomic E-state index is -0.572. The summed E-state index contributed by atoms with van der Waals surface area (Å²) >= 11 is 0. The van der Waals surface area contributed by atoms with Gasteiger partial charge in [0.25, 0.3) is 0 Å². The van der Waals surface area contributed by atoms with Gasteiger partial charge in [-0.1, -0.05) is 12.1 Å². The molecule has 1 atom stereocenters. The molecule has 2 heterocycles. The van der Waals surface area contributed by atoms with Crippen molar-refractivity contribution < 1.29 is 19.0 Å². The molecule has 8 nitrogen and oxygen atoms in total. The van der Waals surface area contributed by atoms with Crippen LogP contribution in [-0.2, 0) is 0 Å². The number of hydrogen-bond donors (Lipinski definition) is 1. The molecule has 1 aliphatic rings. The van der Waals surface area contributed by atoms with Crippen LogP contribution in [0.25, 0.3) is 11.5 Å². The van der Waals surface area contributed by atoms with E-state index in [1.165, 1.54) is 5.69 Å². The maximum absolute atomic E-state index is 10.5. The van der Waals surface area contributed by atoms with Gasteiger partial charge in [-0.15, -0.1) is 10.2 Å². The highest BCUT2D eigenvalue weighted by Gasteiger charge is 2.20. The molecule has 1 N–H and O–H groups in total. The number of hydrogen-bond acceptors (Lipinski definition) is 8. The highest BCUT2D eigenvalue weighted by atomic mass is 16.5. The number of aliphatic hydroxyl groups is 1. The summed E-state index contributed by atoms with van der Waals surface area (Å²) in [5.74, 6) is 2.50. The van der Waals surface area contributed by atoms with Crippen molar-refractivity contribution in [2.75, 3.05) is 51.3 Å². The van der Waals surface area contributed by atoms with Crippen LogP contribution in [0.5, 0.6) is 11.5 Å². The number of aliphatic hydroxyl groups excluding tert-OH is 1. The van der Waals surface area contributed by atoms with Crippen molar-refractivity contribution in [2.24, 2.45) is 0 Å². The summed E-state index contributed by atoms with van der Waals surface area (Å²) in [7, 11) is 1.68. The number of rotatable bonds is 8. The zero-order valence-corrected chi connectivity index (χ0v) is 17.9. The first-order chi connectivity index (χ1) is 15.1. The summed E-state index contributed by atoms with van der Waals surface area (Å²) in [4.78, 5) is 4.61. The van der Waals surface area contributed by atoms with Gasteiger partial charge < -0.3 is 23.9 Å². The average Bonchev–Trinajstić information content (AvgIpc) is 3.25. The minimum Gasteiger partial charge on any atom is -0.497 e. The zero-order valence-electron chi connectivity index (χ0n) is 17.9. The standard InChI is InChI=1S/C23H28N4O4/c1-17-24-25-23(31-17)18-5-3-8-22(13-18)30-16-20(28)15-26-9-11-27(12-10-26)19-6-4-7-21(14-19)29-2/h3-8,13-14,20,28H,9-12,15-16H2,1-2H3. The summed E-state index contributed by atoms with van der Waals surface area (Å²) in [5.41, 5.74) is 1.96. The summed E-state index contributed by atoms with van der Waals surface area (Å²) in [5, 5.41) is 18.3. The molecule has 1 aromatic heterocycles.